The van der Waals surface area contributed by atoms with Crippen LogP contribution in [0.1, 0.15) is 30.1 Å². The number of hydrogen-bond donors (Lipinski definition) is 1. The van der Waals surface area contributed by atoms with Gasteiger partial charge in [0, 0.05) is 13.1 Å². The molecular formula is C10H15F3N4OS. The SMILES string of the molecule is CCCNc1nnc(C(=O)N(CC)CC(F)(F)F)s1. The average Bonchev–Trinajstić information content (AvgIpc) is 2.80. The molecule has 1 amide bonds. The largest absolute Gasteiger partial charge is 0.406 e. The number of hydrogen-bond acceptors (Lipinski definition) is 5. The summed E-state index contributed by atoms with van der Waals surface area (Å²) < 4.78 is 36.9. The summed E-state index contributed by atoms with van der Waals surface area (Å²) in [5, 5.41) is 10.7. The summed E-state index contributed by atoms with van der Waals surface area (Å²) in [5.41, 5.74) is 0. The number of carbonyl (C=O) groups excluding carboxylic acids is 1. The monoisotopic (exact) mass is 296 g/mol. The second kappa shape index (κ2) is 6.69. The summed E-state index contributed by atoms with van der Waals surface area (Å²) in [6, 6.07) is 0. The van der Waals surface area contributed by atoms with Gasteiger partial charge >= 0.3 is 6.18 Å². The van der Waals surface area contributed by atoms with Gasteiger partial charge in [-0.3, -0.25) is 4.79 Å². The smallest absolute Gasteiger partial charge is 0.360 e. The molecule has 1 rings (SSSR count). The average molecular weight is 296 g/mol. The van der Waals surface area contributed by atoms with Crippen molar-refractivity contribution in [3.8, 4) is 0 Å². The Morgan fingerprint density at radius 1 is 1.37 bits per heavy atom. The van der Waals surface area contributed by atoms with Gasteiger partial charge in [-0.1, -0.05) is 18.3 Å². The second-order valence-corrected chi connectivity index (χ2v) is 4.75. The van der Waals surface area contributed by atoms with Crippen LogP contribution in [0.25, 0.3) is 0 Å². The maximum atomic E-state index is 12.3. The molecular weight excluding hydrogens is 281 g/mol. The standard InChI is InChI=1S/C10H15F3N4OS/c1-3-5-14-9-16-15-7(19-9)8(18)17(4-2)6-10(11,12)13/h3-6H2,1-2H3,(H,14,16). The molecule has 0 unspecified atom stereocenters. The first-order valence-corrected chi connectivity index (χ1v) is 6.62. The van der Waals surface area contributed by atoms with Gasteiger partial charge in [-0.15, -0.1) is 10.2 Å². The van der Waals surface area contributed by atoms with Crippen LogP contribution in [-0.2, 0) is 0 Å². The molecule has 19 heavy (non-hydrogen) atoms. The zero-order chi connectivity index (χ0) is 14.5. The molecule has 0 spiro atoms. The Hall–Kier alpha value is -1.38. The van der Waals surface area contributed by atoms with Crippen molar-refractivity contribution in [2.24, 2.45) is 0 Å². The Kier molecular flexibility index (Phi) is 5.52. The number of halogens is 3. The highest BCUT2D eigenvalue weighted by molar-refractivity contribution is 7.17. The molecule has 0 saturated carbocycles. The van der Waals surface area contributed by atoms with Crippen LogP contribution in [0.3, 0.4) is 0 Å². The second-order valence-electron chi connectivity index (χ2n) is 3.77. The van der Waals surface area contributed by atoms with Gasteiger partial charge in [0.15, 0.2) is 0 Å². The van der Waals surface area contributed by atoms with Gasteiger partial charge in [-0.2, -0.15) is 13.2 Å². The van der Waals surface area contributed by atoms with E-state index in [1.54, 1.807) is 0 Å². The van der Waals surface area contributed by atoms with Crippen LogP contribution in [0, 0.1) is 0 Å². The van der Waals surface area contributed by atoms with E-state index in [0.29, 0.717) is 16.6 Å². The fourth-order valence-corrected chi connectivity index (χ4v) is 2.03. The number of carbonyl (C=O) groups is 1. The van der Waals surface area contributed by atoms with Crippen molar-refractivity contribution in [3.63, 3.8) is 0 Å². The maximum absolute atomic E-state index is 12.3. The van der Waals surface area contributed by atoms with Crippen LogP contribution in [0.15, 0.2) is 0 Å². The fraction of sp³-hybridized carbons (Fsp3) is 0.700. The molecule has 0 bridgehead atoms. The molecule has 1 heterocycles. The van der Waals surface area contributed by atoms with Crippen molar-refractivity contribution in [1.29, 1.82) is 0 Å². The first-order chi connectivity index (χ1) is 8.87. The minimum Gasteiger partial charge on any atom is -0.360 e. The van der Waals surface area contributed by atoms with E-state index in [4.69, 9.17) is 0 Å². The maximum Gasteiger partial charge on any atom is 0.406 e. The van der Waals surface area contributed by atoms with Crippen molar-refractivity contribution < 1.29 is 18.0 Å². The van der Waals surface area contributed by atoms with Crippen LogP contribution in [0.5, 0.6) is 0 Å². The number of nitrogens with one attached hydrogen (secondary N) is 1. The molecule has 0 aromatic carbocycles. The third-order valence-corrected chi connectivity index (χ3v) is 3.04. The molecule has 0 atom stereocenters. The van der Waals surface area contributed by atoms with Crippen molar-refractivity contribution in [2.75, 3.05) is 25.0 Å². The molecule has 9 heteroatoms. The Bertz CT molecular complexity index is 421. The normalized spacial score (nSPS) is 11.4. The van der Waals surface area contributed by atoms with Crippen molar-refractivity contribution >= 4 is 22.4 Å². The predicted octanol–water partition coefficient (Wildman–Crippen LogP) is 2.38. The van der Waals surface area contributed by atoms with E-state index in [0.717, 1.165) is 17.8 Å². The summed E-state index contributed by atoms with van der Waals surface area (Å²) in [6.07, 6.45) is -3.54. The van der Waals surface area contributed by atoms with E-state index in [-0.39, 0.29) is 11.6 Å². The van der Waals surface area contributed by atoms with Gasteiger partial charge in [0.1, 0.15) is 6.54 Å². The Labute approximate surface area is 112 Å². The van der Waals surface area contributed by atoms with Crippen LogP contribution in [0.4, 0.5) is 18.3 Å². The first kappa shape index (κ1) is 15.7. The molecule has 0 fully saturated rings. The minimum absolute atomic E-state index is 0.0321. The predicted molar refractivity (Wildman–Crippen MR) is 66.3 cm³/mol. The molecule has 5 nitrogen and oxygen atoms in total. The molecule has 108 valence electrons. The highest BCUT2D eigenvalue weighted by Crippen LogP contribution is 2.20. The number of amides is 1. The molecule has 0 aliphatic heterocycles. The van der Waals surface area contributed by atoms with Gasteiger partial charge in [0.25, 0.3) is 5.91 Å². The molecule has 0 aliphatic rings. The van der Waals surface area contributed by atoms with Gasteiger partial charge in [-0.05, 0) is 13.3 Å². The first-order valence-electron chi connectivity index (χ1n) is 5.80. The number of alkyl halides is 3. The lowest BCUT2D eigenvalue weighted by molar-refractivity contribution is -0.140. The van der Waals surface area contributed by atoms with Crippen LogP contribution < -0.4 is 5.32 Å². The summed E-state index contributed by atoms with van der Waals surface area (Å²) in [5.74, 6) is -0.748. The van der Waals surface area contributed by atoms with E-state index in [1.807, 2.05) is 6.92 Å². The van der Waals surface area contributed by atoms with Crippen molar-refractivity contribution in [2.45, 2.75) is 26.4 Å². The summed E-state index contributed by atoms with van der Waals surface area (Å²) in [6.45, 7) is 2.81. The van der Waals surface area contributed by atoms with E-state index in [1.165, 1.54) is 6.92 Å². The quantitative estimate of drug-likeness (QED) is 0.875. The Morgan fingerprint density at radius 2 is 2.05 bits per heavy atom. The van der Waals surface area contributed by atoms with E-state index >= 15 is 0 Å². The molecule has 1 N–H and O–H groups in total. The van der Waals surface area contributed by atoms with Crippen molar-refractivity contribution in [1.82, 2.24) is 15.1 Å². The van der Waals surface area contributed by atoms with Gasteiger partial charge in [-0.25, -0.2) is 0 Å². The Morgan fingerprint density at radius 3 is 2.58 bits per heavy atom. The summed E-state index contributed by atoms with van der Waals surface area (Å²) >= 11 is 0.959. The molecule has 1 aromatic heterocycles. The number of rotatable bonds is 6. The van der Waals surface area contributed by atoms with Gasteiger partial charge < -0.3 is 10.2 Å². The summed E-state index contributed by atoms with van der Waals surface area (Å²) in [7, 11) is 0. The topological polar surface area (TPSA) is 58.1 Å². The third kappa shape index (κ3) is 5.01. The molecule has 0 aliphatic carbocycles. The van der Waals surface area contributed by atoms with Gasteiger partial charge in [0.05, 0.1) is 0 Å². The van der Waals surface area contributed by atoms with Crippen molar-refractivity contribution in [3.05, 3.63) is 5.01 Å². The van der Waals surface area contributed by atoms with Crippen LogP contribution >= 0.6 is 11.3 Å². The number of aromatic nitrogens is 2. The lowest BCUT2D eigenvalue weighted by Gasteiger charge is -2.20. The highest BCUT2D eigenvalue weighted by Gasteiger charge is 2.33. The van der Waals surface area contributed by atoms with Crippen LogP contribution in [0.2, 0.25) is 0 Å². The van der Waals surface area contributed by atoms with E-state index in [2.05, 4.69) is 15.5 Å². The van der Waals surface area contributed by atoms with E-state index < -0.39 is 18.6 Å². The van der Waals surface area contributed by atoms with Crippen LogP contribution in [-0.4, -0.2) is 46.8 Å². The number of nitrogens with zero attached hydrogens (tertiary/aromatic N) is 3. The summed E-state index contributed by atoms with van der Waals surface area (Å²) in [4.78, 5) is 12.5. The van der Waals surface area contributed by atoms with E-state index in [9.17, 15) is 18.0 Å². The minimum atomic E-state index is -4.42. The molecule has 1 aromatic rings. The zero-order valence-corrected chi connectivity index (χ0v) is 11.4. The fourth-order valence-electron chi connectivity index (χ4n) is 1.29. The highest BCUT2D eigenvalue weighted by atomic mass is 32.1. The molecule has 0 radical (unpaired) electrons. The van der Waals surface area contributed by atoms with Gasteiger partial charge in [0.2, 0.25) is 10.1 Å². The Balaban J connectivity index is 2.72. The lowest BCUT2D eigenvalue weighted by Crippen LogP contribution is -2.38. The third-order valence-electron chi connectivity index (χ3n) is 2.17. The molecule has 0 saturated heterocycles. The number of anilines is 1. The zero-order valence-electron chi connectivity index (χ0n) is 10.6. The lowest BCUT2D eigenvalue weighted by atomic mass is 10.4.